The van der Waals surface area contributed by atoms with Crippen molar-refractivity contribution in [3.63, 3.8) is 0 Å². The Bertz CT molecular complexity index is 986. The van der Waals surface area contributed by atoms with Crippen molar-refractivity contribution < 1.29 is 9.59 Å². The van der Waals surface area contributed by atoms with Gasteiger partial charge in [-0.25, -0.2) is 0 Å². The van der Waals surface area contributed by atoms with Crippen LogP contribution in [0.25, 0.3) is 10.9 Å². The number of fused-ring (bicyclic) bond motifs is 2. The molecule has 3 atom stereocenters. The van der Waals surface area contributed by atoms with Crippen molar-refractivity contribution >= 4 is 22.7 Å². The smallest absolute Gasteiger partial charge is 0.242 e. The maximum absolute atomic E-state index is 13.1. The van der Waals surface area contributed by atoms with Crippen molar-refractivity contribution in [1.82, 2.24) is 14.4 Å². The maximum atomic E-state index is 13.1. The van der Waals surface area contributed by atoms with Crippen molar-refractivity contribution in [2.75, 3.05) is 20.6 Å². The van der Waals surface area contributed by atoms with Crippen LogP contribution in [0.4, 0.5) is 0 Å². The van der Waals surface area contributed by atoms with Crippen LogP contribution < -0.4 is 0 Å². The number of likely N-dealkylation sites (N-methyl/N-ethyl adjacent to an activating group) is 1. The van der Waals surface area contributed by atoms with Gasteiger partial charge in [0.2, 0.25) is 11.8 Å². The van der Waals surface area contributed by atoms with Crippen LogP contribution in [0, 0.1) is 30.1 Å². The highest BCUT2D eigenvalue weighted by molar-refractivity contribution is 5.89. The quantitative estimate of drug-likeness (QED) is 0.824. The average molecular weight is 378 g/mol. The zero-order valence-corrected chi connectivity index (χ0v) is 16.7. The number of rotatable bonds is 3. The standard InChI is InChI=1S/C22H26N4O2/c1-14-19(11-23)18-6-4-5-7-20(18)26(14)13-22(28)25(3)17-8-15-10-21(27)24(2)12-16(15)9-17/h4-7,15-17H,8-10,12-13H2,1-3H3/t15-,16+,17-/m0/s1. The van der Waals surface area contributed by atoms with Crippen molar-refractivity contribution in [3.05, 3.63) is 35.5 Å². The first-order valence-corrected chi connectivity index (χ1v) is 9.88. The summed E-state index contributed by atoms with van der Waals surface area (Å²) >= 11 is 0. The predicted molar refractivity (Wildman–Crippen MR) is 106 cm³/mol. The Morgan fingerprint density at radius 1 is 1.29 bits per heavy atom. The van der Waals surface area contributed by atoms with Gasteiger partial charge in [-0.1, -0.05) is 18.2 Å². The molecule has 0 radical (unpaired) electrons. The summed E-state index contributed by atoms with van der Waals surface area (Å²) in [5, 5.41) is 10.4. The van der Waals surface area contributed by atoms with E-state index in [9.17, 15) is 14.9 Å². The lowest BCUT2D eigenvalue weighted by atomic mass is 9.88. The van der Waals surface area contributed by atoms with Gasteiger partial charge in [0.1, 0.15) is 12.6 Å². The second-order valence-electron chi connectivity index (χ2n) is 8.30. The summed E-state index contributed by atoms with van der Waals surface area (Å²) in [5.41, 5.74) is 2.39. The van der Waals surface area contributed by atoms with Gasteiger partial charge in [-0.2, -0.15) is 5.26 Å². The summed E-state index contributed by atoms with van der Waals surface area (Å²) in [6, 6.07) is 10.2. The van der Waals surface area contributed by atoms with Gasteiger partial charge < -0.3 is 14.4 Å². The SMILES string of the molecule is Cc1c(C#N)c2ccccc2n1CC(=O)N(C)[C@H]1C[C@H]2CC(=O)N(C)C[C@H]2C1. The fourth-order valence-corrected chi connectivity index (χ4v) is 5.03. The minimum atomic E-state index is 0.0525. The second kappa shape index (κ2) is 6.97. The molecule has 6 nitrogen and oxygen atoms in total. The minimum Gasteiger partial charge on any atom is -0.345 e. The van der Waals surface area contributed by atoms with Crippen molar-refractivity contribution in [1.29, 1.82) is 5.26 Å². The molecular weight excluding hydrogens is 352 g/mol. The molecule has 0 N–H and O–H groups in total. The summed E-state index contributed by atoms with van der Waals surface area (Å²) in [5.74, 6) is 1.15. The molecule has 2 amide bonds. The number of hydrogen-bond acceptors (Lipinski definition) is 3. The molecule has 1 aromatic carbocycles. The van der Waals surface area contributed by atoms with E-state index < -0.39 is 0 Å². The van der Waals surface area contributed by atoms with Gasteiger partial charge in [0.25, 0.3) is 0 Å². The van der Waals surface area contributed by atoms with E-state index >= 15 is 0 Å². The van der Waals surface area contributed by atoms with E-state index in [1.807, 2.05) is 59.7 Å². The van der Waals surface area contributed by atoms with Gasteiger partial charge in [-0.3, -0.25) is 9.59 Å². The first-order chi connectivity index (χ1) is 13.4. The highest BCUT2D eigenvalue weighted by Gasteiger charge is 2.42. The van der Waals surface area contributed by atoms with Crippen LogP contribution in [-0.2, 0) is 16.1 Å². The number of nitriles is 1. The van der Waals surface area contributed by atoms with Crippen molar-refractivity contribution in [2.45, 2.75) is 38.8 Å². The Kier molecular flexibility index (Phi) is 4.62. The Labute approximate surface area is 165 Å². The molecule has 2 heterocycles. The second-order valence-corrected chi connectivity index (χ2v) is 8.30. The van der Waals surface area contributed by atoms with Gasteiger partial charge in [0.05, 0.1) is 11.1 Å². The minimum absolute atomic E-state index is 0.0525. The zero-order chi connectivity index (χ0) is 20.0. The number of piperidine rings is 1. The normalized spacial score (nSPS) is 24.3. The number of likely N-dealkylation sites (tertiary alicyclic amines) is 1. The molecule has 4 rings (SSSR count). The number of para-hydroxylation sites is 1. The maximum Gasteiger partial charge on any atom is 0.242 e. The fourth-order valence-electron chi connectivity index (χ4n) is 5.03. The number of benzene rings is 1. The molecule has 1 aromatic heterocycles. The third-order valence-electron chi connectivity index (χ3n) is 6.76. The first-order valence-electron chi connectivity index (χ1n) is 9.88. The van der Waals surface area contributed by atoms with Crippen LogP contribution in [-0.4, -0.2) is 52.9 Å². The van der Waals surface area contributed by atoms with Crippen LogP contribution in [0.5, 0.6) is 0 Å². The van der Waals surface area contributed by atoms with E-state index in [2.05, 4.69) is 6.07 Å². The zero-order valence-electron chi connectivity index (χ0n) is 16.7. The van der Waals surface area contributed by atoms with Crippen molar-refractivity contribution in [2.24, 2.45) is 11.8 Å². The number of carbonyl (C=O) groups excluding carboxylic acids is 2. The Morgan fingerprint density at radius 3 is 2.75 bits per heavy atom. The predicted octanol–water partition coefficient (Wildman–Crippen LogP) is 2.54. The summed E-state index contributed by atoms with van der Waals surface area (Å²) < 4.78 is 1.95. The average Bonchev–Trinajstić information content (AvgIpc) is 3.20. The Morgan fingerprint density at radius 2 is 2.00 bits per heavy atom. The fraction of sp³-hybridized carbons (Fsp3) is 0.500. The summed E-state index contributed by atoms with van der Waals surface area (Å²) in [4.78, 5) is 28.8. The number of amides is 2. The highest BCUT2D eigenvalue weighted by Crippen LogP contribution is 2.40. The lowest BCUT2D eigenvalue weighted by molar-refractivity contribution is -0.135. The number of hydrogen-bond donors (Lipinski definition) is 0. The molecule has 28 heavy (non-hydrogen) atoms. The van der Waals surface area contributed by atoms with Crippen LogP contribution in [0.15, 0.2) is 24.3 Å². The van der Waals surface area contributed by atoms with Crippen LogP contribution >= 0.6 is 0 Å². The lowest BCUT2D eigenvalue weighted by Crippen LogP contribution is -2.40. The lowest BCUT2D eigenvalue weighted by Gasteiger charge is -2.31. The molecule has 1 aliphatic heterocycles. The van der Waals surface area contributed by atoms with E-state index in [0.29, 0.717) is 23.8 Å². The van der Waals surface area contributed by atoms with Crippen LogP contribution in [0.1, 0.15) is 30.5 Å². The molecule has 1 aliphatic carbocycles. The molecule has 0 unspecified atom stereocenters. The summed E-state index contributed by atoms with van der Waals surface area (Å²) in [7, 11) is 3.75. The van der Waals surface area contributed by atoms with Crippen molar-refractivity contribution in [3.8, 4) is 6.07 Å². The topological polar surface area (TPSA) is 69.3 Å². The van der Waals surface area contributed by atoms with E-state index in [4.69, 9.17) is 0 Å². The Hall–Kier alpha value is -2.81. The molecular formula is C22H26N4O2. The van der Waals surface area contributed by atoms with E-state index in [1.54, 1.807) is 0 Å². The van der Waals surface area contributed by atoms with Gasteiger partial charge in [-0.15, -0.1) is 0 Å². The summed E-state index contributed by atoms with van der Waals surface area (Å²) in [6.07, 6.45) is 2.47. The van der Waals surface area contributed by atoms with E-state index in [1.165, 1.54) is 0 Å². The monoisotopic (exact) mass is 378 g/mol. The van der Waals surface area contributed by atoms with Gasteiger partial charge in [0, 0.05) is 44.2 Å². The van der Waals surface area contributed by atoms with Crippen LogP contribution in [0.3, 0.4) is 0 Å². The third kappa shape index (κ3) is 2.95. The molecule has 0 bridgehead atoms. The third-order valence-corrected chi connectivity index (χ3v) is 6.76. The van der Waals surface area contributed by atoms with Gasteiger partial charge in [0.15, 0.2) is 0 Å². The molecule has 2 aromatic rings. The first kappa shape index (κ1) is 18.5. The van der Waals surface area contributed by atoms with Gasteiger partial charge >= 0.3 is 0 Å². The largest absolute Gasteiger partial charge is 0.345 e. The molecule has 2 aliphatic rings. The number of carbonyl (C=O) groups is 2. The van der Waals surface area contributed by atoms with Crippen LogP contribution in [0.2, 0.25) is 0 Å². The molecule has 1 saturated carbocycles. The Balaban J connectivity index is 1.52. The molecule has 146 valence electrons. The molecule has 0 spiro atoms. The number of nitrogens with zero attached hydrogens (tertiary/aromatic N) is 4. The summed E-state index contributed by atoms with van der Waals surface area (Å²) in [6.45, 7) is 2.93. The van der Waals surface area contributed by atoms with E-state index in [-0.39, 0.29) is 24.4 Å². The highest BCUT2D eigenvalue weighted by atomic mass is 16.2. The molecule has 1 saturated heterocycles. The molecule has 6 heteroatoms. The van der Waals surface area contributed by atoms with E-state index in [0.717, 1.165) is 36.0 Å². The molecule has 2 fully saturated rings. The number of aromatic nitrogens is 1. The van der Waals surface area contributed by atoms with Gasteiger partial charge in [-0.05, 0) is 37.7 Å².